The van der Waals surface area contributed by atoms with Crippen LogP contribution >= 0.6 is 0 Å². The number of sulfone groups is 1. The summed E-state index contributed by atoms with van der Waals surface area (Å²) in [7, 11) is -2.84. The Hall–Kier alpha value is -0.170. The van der Waals surface area contributed by atoms with Crippen molar-refractivity contribution in [2.75, 3.05) is 24.6 Å². The normalized spacial score (nSPS) is 42.6. The summed E-state index contributed by atoms with van der Waals surface area (Å²) in [4.78, 5) is 0. The summed E-state index contributed by atoms with van der Waals surface area (Å²) in [5.41, 5.74) is -0.284. The quantitative estimate of drug-likeness (QED) is 0.589. The molecule has 2 saturated heterocycles. The average Bonchev–Trinajstić information content (AvgIpc) is 2.69. The van der Waals surface area contributed by atoms with Crippen LogP contribution < -0.4 is 10.6 Å². The van der Waals surface area contributed by atoms with Gasteiger partial charge in [-0.15, -0.1) is 0 Å². The molecule has 6 heteroatoms. The van der Waals surface area contributed by atoms with Gasteiger partial charge in [-0.05, 0) is 19.8 Å². The van der Waals surface area contributed by atoms with Crippen LogP contribution in [0.25, 0.3) is 0 Å². The minimum Gasteiger partial charge on any atom is -0.392 e. The molecule has 2 aliphatic heterocycles. The van der Waals surface area contributed by atoms with Crippen molar-refractivity contribution in [3.63, 3.8) is 0 Å². The first-order valence-corrected chi connectivity index (χ1v) is 7.58. The van der Waals surface area contributed by atoms with Crippen molar-refractivity contribution >= 4 is 9.84 Å². The summed E-state index contributed by atoms with van der Waals surface area (Å²) < 4.78 is 22.8. The van der Waals surface area contributed by atoms with Gasteiger partial charge in [-0.25, -0.2) is 8.42 Å². The third-order valence-electron chi connectivity index (χ3n) is 3.48. The molecule has 2 heterocycles. The highest BCUT2D eigenvalue weighted by molar-refractivity contribution is 7.91. The van der Waals surface area contributed by atoms with Crippen molar-refractivity contribution in [3.05, 3.63) is 0 Å². The van der Waals surface area contributed by atoms with Gasteiger partial charge in [0, 0.05) is 24.7 Å². The number of aliphatic hydroxyl groups is 1. The highest BCUT2D eigenvalue weighted by Crippen LogP contribution is 2.23. The second-order valence-electron chi connectivity index (χ2n) is 5.28. The van der Waals surface area contributed by atoms with Gasteiger partial charge in [-0.1, -0.05) is 0 Å². The fraction of sp³-hybridized carbons (Fsp3) is 1.00. The molecule has 0 spiro atoms. The van der Waals surface area contributed by atoms with Gasteiger partial charge in [0.05, 0.1) is 17.6 Å². The van der Waals surface area contributed by atoms with E-state index in [-0.39, 0.29) is 29.2 Å². The van der Waals surface area contributed by atoms with Crippen LogP contribution in [0.5, 0.6) is 0 Å². The topological polar surface area (TPSA) is 78.4 Å². The first kappa shape index (κ1) is 12.3. The Morgan fingerprint density at radius 2 is 2.31 bits per heavy atom. The number of β-amino-alcohol motifs (C(OH)–C–C–N with tert-alkyl or cyclic N) is 1. The maximum atomic E-state index is 11.4. The van der Waals surface area contributed by atoms with E-state index in [9.17, 15) is 13.5 Å². The minimum absolute atomic E-state index is 0.231. The summed E-state index contributed by atoms with van der Waals surface area (Å²) in [6, 6.07) is 0.259. The molecule has 2 fully saturated rings. The SMILES string of the molecule is CC1(NCC2CC(O)CN2)CCS(=O)(=O)C1. The first-order chi connectivity index (χ1) is 7.39. The second-order valence-corrected chi connectivity index (χ2v) is 7.46. The van der Waals surface area contributed by atoms with Gasteiger partial charge in [0.25, 0.3) is 0 Å². The average molecular weight is 248 g/mol. The lowest BCUT2D eigenvalue weighted by Crippen LogP contribution is -2.48. The van der Waals surface area contributed by atoms with Crippen molar-refractivity contribution in [2.24, 2.45) is 0 Å². The highest BCUT2D eigenvalue weighted by Gasteiger charge is 2.38. The molecular formula is C10H20N2O3S. The van der Waals surface area contributed by atoms with E-state index in [1.807, 2.05) is 6.92 Å². The fourth-order valence-electron chi connectivity index (χ4n) is 2.47. The molecule has 5 nitrogen and oxygen atoms in total. The zero-order valence-electron chi connectivity index (χ0n) is 9.57. The van der Waals surface area contributed by atoms with Gasteiger partial charge in [0.2, 0.25) is 0 Å². The molecule has 0 aromatic carbocycles. The molecule has 94 valence electrons. The lowest BCUT2D eigenvalue weighted by atomic mass is 10.0. The minimum atomic E-state index is -2.84. The molecule has 16 heavy (non-hydrogen) atoms. The zero-order chi connectivity index (χ0) is 11.8. The van der Waals surface area contributed by atoms with E-state index in [4.69, 9.17) is 0 Å². The largest absolute Gasteiger partial charge is 0.392 e. The summed E-state index contributed by atoms with van der Waals surface area (Å²) in [6.45, 7) is 3.33. The van der Waals surface area contributed by atoms with Crippen molar-refractivity contribution in [2.45, 2.75) is 37.5 Å². The van der Waals surface area contributed by atoms with E-state index >= 15 is 0 Å². The number of rotatable bonds is 3. The molecular weight excluding hydrogens is 228 g/mol. The summed E-state index contributed by atoms with van der Waals surface area (Å²) >= 11 is 0. The highest BCUT2D eigenvalue weighted by atomic mass is 32.2. The van der Waals surface area contributed by atoms with E-state index in [1.165, 1.54) is 0 Å². The van der Waals surface area contributed by atoms with E-state index < -0.39 is 9.84 Å². The summed E-state index contributed by atoms with van der Waals surface area (Å²) in [6.07, 6.45) is 1.17. The van der Waals surface area contributed by atoms with Gasteiger partial charge >= 0.3 is 0 Å². The molecule has 3 atom stereocenters. The van der Waals surface area contributed by atoms with E-state index in [0.29, 0.717) is 13.0 Å². The van der Waals surface area contributed by atoms with Gasteiger partial charge in [-0.2, -0.15) is 0 Å². The molecule has 0 aromatic heterocycles. The summed E-state index contributed by atoms with van der Waals surface area (Å²) in [5.74, 6) is 0.520. The van der Waals surface area contributed by atoms with Crippen molar-refractivity contribution in [1.29, 1.82) is 0 Å². The Kier molecular flexibility index (Phi) is 3.27. The molecule has 0 bridgehead atoms. The molecule has 0 aliphatic carbocycles. The Morgan fingerprint density at radius 3 is 2.81 bits per heavy atom. The Labute approximate surface area is 96.5 Å². The Balaban J connectivity index is 1.82. The van der Waals surface area contributed by atoms with Gasteiger partial charge in [-0.3, -0.25) is 0 Å². The third-order valence-corrected chi connectivity index (χ3v) is 5.38. The van der Waals surface area contributed by atoms with Crippen molar-refractivity contribution < 1.29 is 13.5 Å². The van der Waals surface area contributed by atoms with Crippen LogP contribution in [0.1, 0.15) is 19.8 Å². The number of nitrogens with one attached hydrogen (secondary N) is 2. The Morgan fingerprint density at radius 1 is 1.56 bits per heavy atom. The maximum absolute atomic E-state index is 11.4. The molecule has 0 radical (unpaired) electrons. The molecule has 0 saturated carbocycles. The fourth-order valence-corrected chi connectivity index (χ4v) is 4.60. The van der Waals surface area contributed by atoms with Gasteiger partial charge in [0.15, 0.2) is 9.84 Å². The predicted octanol–water partition coefficient (Wildman–Crippen LogP) is -1.12. The Bertz CT molecular complexity index is 357. The van der Waals surface area contributed by atoms with Crippen LogP contribution in [0.15, 0.2) is 0 Å². The van der Waals surface area contributed by atoms with Crippen LogP contribution in [0.2, 0.25) is 0 Å². The zero-order valence-corrected chi connectivity index (χ0v) is 10.4. The van der Waals surface area contributed by atoms with Gasteiger partial charge in [0.1, 0.15) is 0 Å². The predicted molar refractivity (Wildman–Crippen MR) is 62.1 cm³/mol. The number of aliphatic hydroxyl groups excluding tert-OH is 1. The monoisotopic (exact) mass is 248 g/mol. The van der Waals surface area contributed by atoms with E-state index in [0.717, 1.165) is 13.0 Å². The van der Waals surface area contributed by atoms with Crippen molar-refractivity contribution in [3.8, 4) is 0 Å². The number of hydrogen-bond acceptors (Lipinski definition) is 5. The molecule has 3 N–H and O–H groups in total. The smallest absolute Gasteiger partial charge is 0.152 e. The lowest BCUT2D eigenvalue weighted by molar-refractivity contribution is 0.192. The van der Waals surface area contributed by atoms with Crippen LogP contribution in [-0.2, 0) is 9.84 Å². The third kappa shape index (κ3) is 2.94. The lowest BCUT2D eigenvalue weighted by Gasteiger charge is -2.26. The van der Waals surface area contributed by atoms with Crippen LogP contribution in [0.4, 0.5) is 0 Å². The second kappa shape index (κ2) is 4.25. The summed E-state index contributed by atoms with van der Waals surface area (Å²) in [5, 5.41) is 15.9. The van der Waals surface area contributed by atoms with Gasteiger partial charge < -0.3 is 15.7 Å². The molecule has 2 rings (SSSR count). The molecule has 0 aromatic rings. The van der Waals surface area contributed by atoms with Crippen molar-refractivity contribution in [1.82, 2.24) is 10.6 Å². The van der Waals surface area contributed by atoms with E-state index in [2.05, 4.69) is 10.6 Å². The van der Waals surface area contributed by atoms with E-state index in [1.54, 1.807) is 0 Å². The molecule has 0 amide bonds. The maximum Gasteiger partial charge on any atom is 0.152 e. The number of hydrogen-bond donors (Lipinski definition) is 3. The molecule has 2 aliphatic rings. The van der Waals surface area contributed by atoms with Crippen LogP contribution in [0.3, 0.4) is 0 Å². The van der Waals surface area contributed by atoms with Crippen LogP contribution in [-0.4, -0.2) is 55.8 Å². The van der Waals surface area contributed by atoms with Crippen LogP contribution in [0, 0.1) is 0 Å². The molecule has 3 unspecified atom stereocenters. The standard InChI is InChI=1S/C10H20N2O3S/c1-10(2-3-16(14,15)7-10)12-5-8-4-9(13)6-11-8/h8-9,11-13H,2-7H2,1H3. The first-order valence-electron chi connectivity index (χ1n) is 5.75.